The molecule has 4 heteroatoms. The van der Waals surface area contributed by atoms with Gasteiger partial charge in [0.15, 0.2) is 0 Å². The van der Waals surface area contributed by atoms with Gasteiger partial charge in [0.25, 0.3) is 0 Å². The van der Waals surface area contributed by atoms with Crippen LogP contribution in [0.5, 0.6) is 0 Å². The molecule has 1 aromatic rings. The monoisotopic (exact) mass is 316 g/mol. The van der Waals surface area contributed by atoms with Crippen molar-refractivity contribution in [3.8, 4) is 0 Å². The lowest BCUT2D eigenvalue weighted by Gasteiger charge is -2.40. The molecule has 1 N–H and O–H groups in total. The highest BCUT2D eigenvalue weighted by Gasteiger charge is 2.30. The molecule has 0 aliphatic rings. The van der Waals surface area contributed by atoms with E-state index in [1.165, 1.54) is 6.07 Å². The average molecular weight is 317 g/mol. The first-order chi connectivity index (χ1) is 8.28. The van der Waals surface area contributed by atoms with Crippen LogP contribution in [0.3, 0.4) is 0 Å². The second-order valence-corrected chi connectivity index (χ2v) is 6.20. The van der Waals surface area contributed by atoms with Crippen LogP contribution in [0.4, 0.5) is 4.39 Å². The number of nitrogens with one attached hydrogen (secondary N) is 1. The maximum Gasteiger partial charge on any atom is 0.137 e. The molecule has 2 nitrogen and oxygen atoms in total. The van der Waals surface area contributed by atoms with Crippen molar-refractivity contribution < 1.29 is 4.39 Å². The largest absolute Gasteiger partial charge is 0.315 e. The normalized spacial score (nSPS) is 14.0. The summed E-state index contributed by atoms with van der Waals surface area (Å²) >= 11 is 3.23. The molecule has 0 heterocycles. The second kappa shape index (κ2) is 6.13. The van der Waals surface area contributed by atoms with E-state index in [0.717, 1.165) is 12.0 Å². The molecular weight excluding hydrogens is 295 g/mol. The predicted octanol–water partition coefficient (Wildman–Crippen LogP) is 3.06. The number of hydrogen-bond acceptors (Lipinski definition) is 2. The Bertz CT molecular complexity index is 405. The van der Waals surface area contributed by atoms with Gasteiger partial charge in [-0.1, -0.05) is 6.07 Å². The molecule has 0 fully saturated rings. The highest BCUT2D eigenvalue weighted by Crippen LogP contribution is 2.22. The first-order valence-corrected chi connectivity index (χ1v) is 6.87. The Morgan fingerprint density at radius 1 is 1.39 bits per heavy atom. The van der Waals surface area contributed by atoms with Gasteiger partial charge in [-0.25, -0.2) is 4.39 Å². The van der Waals surface area contributed by atoms with Crippen molar-refractivity contribution in [2.75, 3.05) is 21.1 Å². The summed E-state index contributed by atoms with van der Waals surface area (Å²) in [4.78, 5) is 2.20. The van der Waals surface area contributed by atoms with E-state index in [4.69, 9.17) is 0 Å². The molecule has 0 spiro atoms. The Balaban J connectivity index is 2.89. The zero-order valence-corrected chi connectivity index (χ0v) is 13.3. The molecule has 0 amide bonds. The molecule has 18 heavy (non-hydrogen) atoms. The smallest absolute Gasteiger partial charge is 0.137 e. The number of benzene rings is 1. The molecular formula is C14H22BrFN2. The third kappa shape index (κ3) is 3.53. The number of likely N-dealkylation sites (N-methyl/N-ethyl adjacent to an activating group) is 2. The fourth-order valence-electron chi connectivity index (χ4n) is 1.92. The van der Waals surface area contributed by atoms with Crippen LogP contribution >= 0.6 is 15.9 Å². The van der Waals surface area contributed by atoms with Gasteiger partial charge >= 0.3 is 0 Å². The van der Waals surface area contributed by atoms with E-state index in [-0.39, 0.29) is 11.4 Å². The van der Waals surface area contributed by atoms with Crippen LogP contribution in [0.15, 0.2) is 22.7 Å². The quantitative estimate of drug-likeness (QED) is 0.898. The summed E-state index contributed by atoms with van der Waals surface area (Å²) < 4.78 is 13.7. The fraction of sp³-hybridized carbons (Fsp3) is 0.571. The lowest BCUT2D eigenvalue weighted by Crippen LogP contribution is -2.55. The van der Waals surface area contributed by atoms with Gasteiger partial charge < -0.3 is 10.2 Å². The number of nitrogens with zero attached hydrogens (tertiary/aromatic N) is 1. The minimum Gasteiger partial charge on any atom is -0.315 e. The molecule has 1 aromatic carbocycles. The molecule has 0 radical (unpaired) electrons. The average Bonchev–Trinajstić information content (AvgIpc) is 2.30. The van der Waals surface area contributed by atoms with Crippen molar-refractivity contribution >= 4 is 15.9 Å². The second-order valence-electron chi connectivity index (χ2n) is 5.34. The maximum absolute atomic E-state index is 13.2. The van der Waals surface area contributed by atoms with Crippen molar-refractivity contribution in [2.45, 2.75) is 31.8 Å². The Kier molecular flexibility index (Phi) is 5.32. The van der Waals surface area contributed by atoms with Crippen LogP contribution in [0.2, 0.25) is 0 Å². The molecule has 1 unspecified atom stereocenters. The minimum atomic E-state index is -0.216. The summed E-state index contributed by atoms with van der Waals surface area (Å²) in [6, 6.07) is 5.50. The minimum absolute atomic E-state index is 0.0234. The molecule has 0 aliphatic carbocycles. The number of rotatable bonds is 5. The first-order valence-electron chi connectivity index (χ1n) is 6.07. The first kappa shape index (κ1) is 15.6. The van der Waals surface area contributed by atoms with Gasteiger partial charge in [0.1, 0.15) is 5.82 Å². The molecule has 0 aliphatic heterocycles. The topological polar surface area (TPSA) is 15.3 Å². The third-order valence-corrected chi connectivity index (χ3v) is 4.39. The number of hydrogen-bond donors (Lipinski definition) is 1. The van der Waals surface area contributed by atoms with Gasteiger partial charge in [0.05, 0.1) is 4.47 Å². The molecule has 0 saturated carbocycles. The lowest BCUT2D eigenvalue weighted by atomic mass is 9.88. The number of halogens is 2. The maximum atomic E-state index is 13.2. The molecule has 0 saturated heterocycles. The van der Waals surface area contributed by atoms with Crippen molar-refractivity contribution in [1.82, 2.24) is 10.2 Å². The Morgan fingerprint density at radius 2 is 2.00 bits per heavy atom. The van der Waals surface area contributed by atoms with Crippen molar-refractivity contribution in [1.29, 1.82) is 0 Å². The van der Waals surface area contributed by atoms with E-state index in [9.17, 15) is 4.39 Å². The van der Waals surface area contributed by atoms with Crippen LogP contribution < -0.4 is 5.32 Å². The summed E-state index contributed by atoms with van der Waals surface area (Å²) in [7, 11) is 6.12. The van der Waals surface area contributed by atoms with Crippen molar-refractivity contribution in [3.63, 3.8) is 0 Å². The molecule has 102 valence electrons. The van der Waals surface area contributed by atoms with E-state index in [1.54, 1.807) is 0 Å². The highest BCUT2D eigenvalue weighted by atomic mass is 79.9. The Labute approximate surface area is 118 Å². The van der Waals surface area contributed by atoms with Crippen molar-refractivity contribution in [2.24, 2.45) is 0 Å². The van der Waals surface area contributed by atoms with E-state index in [1.807, 2.05) is 19.2 Å². The van der Waals surface area contributed by atoms with Crippen molar-refractivity contribution in [3.05, 3.63) is 34.1 Å². The zero-order chi connectivity index (χ0) is 13.9. The third-order valence-electron chi connectivity index (χ3n) is 3.78. The van der Waals surface area contributed by atoms with Gasteiger partial charge in [-0.15, -0.1) is 0 Å². The van der Waals surface area contributed by atoms with E-state index >= 15 is 0 Å². The van der Waals surface area contributed by atoms with E-state index in [0.29, 0.717) is 10.5 Å². The lowest BCUT2D eigenvalue weighted by molar-refractivity contribution is 0.141. The molecule has 1 atom stereocenters. The van der Waals surface area contributed by atoms with Gasteiger partial charge in [0, 0.05) is 11.6 Å². The summed E-state index contributed by atoms with van der Waals surface area (Å²) in [6.45, 7) is 4.40. The Morgan fingerprint density at radius 3 is 2.44 bits per heavy atom. The standard InChI is InChI=1S/C14H22BrFN2/c1-14(2,18(4)5)13(17-3)9-10-6-7-12(16)11(15)8-10/h6-8,13,17H,9H2,1-5H3. The van der Waals surface area contributed by atoms with Crippen LogP contribution in [0, 0.1) is 5.82 Å². The summed E-state index contributed by atoms with van der Waals surface area (Å²) in [6.07, 6.45) is 0.862. The highest BCUT2D eigenvalue weighted by molar-refractivity contribution is 9.10. The molecule has 1 rings (SSSR count). The van der Waals surface area contributed by atoms with Crippen LogP contribution in [-0.2, 0) is 6.42 Å². The molecule has 0 bridgehead atoms. The molecule has 0 aromatic heterocycles. The van der Waals surface area contributed by atoms with Crippen LogP contribution in [0.1, 0.15) is 19.4 Å². The van der Waals surface area contributed by atoms with E-state index in [2.05, 4.69) is 54.1 Å². The Hall–Kier alpha value is -0.450. The van der Waals surface area contributed by atoms with Gasteiger partial charge in [-0.05, 0) is 75.0 Å². The van der Waals surface area contributed by atoms with E-state index < -0.39 is 0 Å². The van der Waals surface area contributed by atoms with Gasteiger partial charge in [-0.3, -0.25) is 0 Å². The van der Waals surface area contributed by atoms with Gasteiger partial charge in [-0.2, -0.15) is 0 Å². The summed E-state index contributed by atoms with van der Waals surface area (Å²) in [5.41, 5.74) is 1.15. The van der Waals surface area contributed by atoms with Gasteiger partial charge in [0.2, 0.25) is 0 Å². The predicted molar refractivity (Wildman–Crippen MR) is 78.4 cm³/mol. The zero-order valence-electron chi connectivity index (χ0n) is 11.7. The summed E-state index contributed by atoms with van der Waals surface area (Å²) in [5.74, 6) is -0.216. The van der Waals surface area contributed by atoms with Crippen LogP contribution in [0.25, 0.3) is 0 Å². The fourth-order valence-corrected chi connectivity index (χ4v) is 2.35. The van der Waals surface area contributed by atoms with Crippen LogP contribution in [-0.4, -0.2) is 37.6 Å². The summed E-state index contributed by atoms with van der Waals surface area (Å²) in [5, 5.41) is 3.36. The SMILES string of the molecule is CNC(Cc1ccc(F)c(Br)c1)C(C)(C)N(C)C.